The Balaban J connectivity index is 1.59. The highest BCUT2D eigenvalue weighted by Crippen LogP contribution is 2.39. The van der Waals surface area contributed by atoms with E-state index in [1.807, 2.05) is 0 Å². The standard InChI is InChI=1S/C18H22BrN5O8/c1-7(25)29-11-9(19)8(5-28-18(4)31-15(27)17(2,3)32-18)30-14(11)24-6-21-10-12(24)22-16(20)23-13(10)26/h6,8-9,11,14H,5H2,1-4H3,(H3,20,22,23,26)/t8-,9+,11-,14-,18?/m1/s1. The fraction of sp³-hybridized carbons (Fsp3) is 0.611. The number of cyclic esters (lactones) is 1. The molecule has 4 rings (SSSR count). The van der Waals surface area contributed by atoms with E-state index in [-0.39, 0.29) is 23.7 Å². The summed E-state index contributed by atoms with van der Waals surface area (Å²) < 4.78 is 29.5. The number of nitrogens with zero attached hydrogens (tertiary/aromatic N) is 3. The number of esters is 2. The van der Waals surface area contributed by atoms with E-state index in [0.717, 1.165) is 0 Å². The van der Waals surface area contributed by atoms with E-state index in [1.54, 1.807) is 13.8 Å². The van der Waals surface area contributed by atoms with Crippen LogP contribution >= 0.6 is 15.9 Å². The highest BCUT2D eigenvalue weighted by atomic mass is 79.9. The van der Waals surface area contributed by atoms with Crippen LogP contribution in [-0.2, 0) is 33.3 Å². The fourth-order valence-corrected chi connectivity index (χ4v) is 4.26. The number of ether oxygens (including phenoxy) is 5. The van der Waals surface area contributed by atoms with Gasteiger partial charge in [0.2, 0.25) is 5.95 Å². The summed E-state index contributed by atoms with van der Waals surface area (Å²) in [7, 11) is 0. The molecule has 2 saturated heterocycles. The monoisotopic (exact) mass is 515 g/mol. The average molecular weight is 516 g/mol. The Bertz CT molecular complexity index is 1130. The number of anilines is 1. The number of fused-ring (bicyclic) bond motifs is 1. The van der Waals surface area contributed by atoms with Crippen LogP contribution in [0.25, 0.3) is 11.2 Å². The summed E-state index contributed by atoms with van der Waals surface area (Å²) in [6, 6.07) is 0. The first kappa shape index (κ1) is 22.6. The number of hydrogen-bond acceptors (Lipinski definition) is 11. The van der Waals surface area contributed by atoms with Crippen molar-refractivity contribution < 1.29 is 33.3 Å². The molecule has 2 aromatic heterocycles. The van der Waals surface area contributed by atoms with Crippen LogP contribution in [0.2, 0.25) is 0 Å². The summed E-state index contributed by atoms with van der Waals surface area (Å²) in [5.41, 5.74) is 4.21. The lowest BCUT2D eigenvalue weighted by Crippen LogP contribution is -2.38. The quantitative estimate of drug-likeness (QED) is 0.415. The van der Waals surface area contributed by atoms with Gasteiger partial charge in [0.15, 0.2) is 29.1 Å². The number of imidazole rings is 1. The highest BCUT2D eigenvalue weighted by Gasteiger charge is 2.53. The zero-order valence-electron chi connectivity index (χ0n) is 17.7. The molecule has 2 aliphatic heterocycles. The second-order valence-electron chi connectivity index (χ2n) is 8.03. The van der Waals surface area contributed by atoms with Crippen molar-refractivity contribution in [3.05, 3.63) is 16.7 Å². The van der Waals surface area contributed by atoms with Crippen molar-refractivity contribution in [3.8, 4) is 0 Å². The Morgan fingerprint density at radius 1 is 1.38 bits per heavy atom. The van der Waals surface area contributed by atoms with Gasteiger partial charge in [-0.05, 0) is 13.8 Å². The maximum Gasteiger partial charge on any atom is 0.342 e. The summed E-state index contributed by atoms with van der Waals surface area (Å²) in [6.45, 7) is 5.80. The van der Waals surface area contributed by atoms with E-state index < -0.39 is 52.3 Å². The number of nitrogens with two attached hydrogens (primary N) is 1. The van der Waals surface area contributed by atoms with Crippen LogP contribution in [0.4, 0.5) is 5.95 Å². The SMILES string of the molecule is CC(=O)O[C@@H]1[C@@H](Br)[C@@H](COC2(C)OC(=O)C(C)(C)O2)O[C@H]1n1cnc2c(=O)[nH]c(N)nc21. The molecule has 0 bridgehead atoms. The predicted molar refractivity (Wildman–Crippen MR) is 110 cm³/mol. The first-order valence-corrected chi connectivity index (χ1v) is 10.6. The largest absolute Gasteiger partial charge is 0.456 e. The van der Waals surface area contributed by atoms with Crippen LogP contribution < -0.4 is 11.3 Å². The number of alkyl halides is 1. The first-order valence-electron chi connectivity index (χ1n) is 9.67. The van der Waals surface area contributed by atoms with E-state index >= 15 is 0 Å². The Morgan fingerprint density at radius 2 is 2.09 bits per heavy atom. The summed E-state index contributed by atoms with van der Waals surface area (Å²) in [5.74, 6) is -2.79. The second-order valence-corrected chi connectivity index (χ2v) is 9.09. The smallest absolute Gasteiger partial charge is 0.342 e. The van der Waals surface area contributed by atoms with E-state index in [2.05, 4.69) is 30.9 Å². The molecule has 4 heterocycles. The molecule has 174 valence electrons. The lowest BCUT2D eigenvalue weighted by Gasteiger charge is -2.25. The Labute approximate surface area is 189 Å². The number of aromatic nitrogens is 4. The molecule has 2 aliphatic rings. The lowest BCUT2D eigenvalue weighted by atomic mass is 10.1. The van der Waals surface area contributed by atoms with Crippen molar-refractivity contribution in [2.24, 2.45) is 0 Å². The number of nitrogens with one attached hydrogen (secondary N) is 1. The van der Waals surface area contributed by atoms with Crippen LogP contribution in [0.3, 0.4) is 0 Å². The van der Waals surface area contributed by atoms with Crippen LogP contribution in [-0.4, -0.2) is 66.7 Å². The van der Waals surface area contributed by atoms with Gasteiger partial charge in [-0.1, -0.05) is 15.9 Å². The zero-order valence-corrected chi connectivity index (χ0v) is 19.2. The molecule has 0 radical (unpaired) electrons. The number of nitrogen functional groups attached to an aromatic ring is 1. The maximum absolute atomic E-state index is 12.1. The average Bonchev–Trinajstić information content (AvgIpc) is 3.27. The van der Waals surface area contributed by atoms with Gasteiger partial charge in [-0.3, -0.25) is 23.9 Å². The van der Waals surface area contributed by atoms with Gasteiger partial charge in [0, 0.05) is 13.8 Å². The topological polar surface area (TPSA) is 170 Å². The molecule has 0 aromatic carbocycles. The van der Waals surface area contributed by atoms with Crippen LogP contribution in [0.5, 0.6) is 0 Å². The molecule has 14 heteroatoms. The molecule has 3 N–H and O–H groups in total. The van der Waals surface area contributed by atoms with Gasteiger partial charge < -0.3 is 24.7 Å². The predicted octanol–water partition coefficient (Wildman–Crippen LogP) is 0.337. The Kier molecular flexibility index (Phi) is 5.51. The van der Waals surface area contributed by atoms with Gasteiger partial charge in [0.25, 0.3) is 5.56 Å². The summed E-state index contributed by atoms with van der Waals surface area (Å²) in [5, 5.41) is 0. The van der Waals surface area contributed by atoms with Crippen molar-refractivity contribution in [2.75, 3.05) is 12.3 Å². The molecule has 2 aromatic rings. The van der Waals surface area contributed by atoms with Gasteiger partial charge >= 0.3 is 17.9 Å². The highest BCUT2D eigenvalue weighted by molar-refractivity contribution is 9.09. The normalized spacial score (nSPS) is 31.7. The Morgan fingerprint density at radius 3 is 2.72 bits per heavy atom. The number of carbonyl (C=O) groups excluding carboxylic acids is 2. The Hall–Kier alpha value is -2.55. The van der Waals surface area contributed by atoms with Crippen LogP contribution in [0, 0.1) is 0 Å². The number of H-pyrrole nitrogens is 1. The molecule has 32 heavy (non-hydrogen) atoms. The molecular weight excluding hydrogens is 494 g/mol. The molecule has 0 saturated carbocycles. The molecule has 13 nitrogen and oxygen atoms in total. The van der Waals surface area contributed by atoms with E-state index in [4.69, 9.17) is 29.4 Å². The third-order valence-electron chi connectivity index (χ3n) is 5.01. The van der Waals surface area contributed by atoms with E-state index in [1.165, 1.54) is 24.7 Å². The van der Waals surface area contributed by atoms with Crippen molar-refractivity contribution in [1.29, 1.82) is 0 Å². The fourth-order valence-electron chi connectivity index (χ4n) is 3.61. The van der Waals surface area contributed by atoms with Crippen LogP contribution in [0.1, 0.15) is 33.9 Å². The van der Waals surface area contributed by atoms with Crippen molar-refractivity contribution in [1.82, 2.24) is 19.5 Å². The molecule has 1 unspecified atom stereocenters. The number of carbonyl (C=O) groups is 2. The second kappa shape index (κ2) is 7.79. The van der Waals surface area contributed by atoms with Crippen molar-refractivity contribution >= 4 is 45.0 Å². The summed E-state index contributed by atoms with van der Waals surface area (Å²) in [4.78, 5) is 45.8. The minimum atomic E-state index is -1.60. The number of rotatable bonds is 5. The van der Waals surface area contributed by atoms with Crippen molar-refractivity contribution in [3.63, 3.8) is 0 Å². The summed E-state index contributed by atoms with van der Waals surface area (Å²) >= 11 is 3.50. The van der Waals surface area contributed by atoms with Crippen molar-refractivity contribution in [2.45, 2.75) is 62.5 Å². The molecule has 2 fully saturated rings. The molecule has 0 spiro atoms. The molecule has 5 atom stereocenters. The zero-order chi connectivity index (χ0) is 23.4. The number of hydrogen-bond donors (Lipinski definition) is 2. The minimum Gasteiger partial charge on any atom is -0.456 e. The van der Waals surface area contributed by atoms with Gasteiger partial charge in [-0.15, -0.1) is 0 Å². The first-order chi connectivity index (χ1) is 14.9. The van der Waals surface area contributed by atoms with E-state index in [0.29, 0.717) is 0 Å². The number of halogens is 1. The third kappa shape index (κ3) is 3.98. The van der Waals surface area contributed by atoms with Gasteiger partial charge in [-0.25, -0.2) is 9.78 Å². The third-order valence-corrected chi connectivity index (χ3v) is 6.12. The van der Waals surface area contributed by atoms with Gasteiger partial charge in [-0.2, -0.15) is 4.98 Å². The summed E-state index contributed by atoms with van der Waals surface area (Å²) in [6.07, 6.45) is -1.03. The van der Waals surface area contributed by atoms with E-state index in [9.17, 15) is 14.4 Å². The van der Waals surface area contributed by atoms with Gasteiger partial charge in [0.05, 0.1) is 17.8 Å². The molecule has 0 aliphatic carbocycles. The minimum absolute atomic E-state index is 0.0520. The van der Waals surface area contributed by atoms with Gasteiger partial charge in [0.1, 0.15) is 6.10 Å². The molecule has 0 amide bonds. The molecular formula is C18H22BrN5O8. The maximum atomic E-state index is 12.1. The van der Waals surface area contributed by atoms with Crippen LogP contribution in [0.15, 0.2) is 11.1 Å². The lowest BCUT2D eigenvalue weighted by molar-refractivity contribution is -0.334. The number of aromatic amines is 1.